The van der Waals surface area contributed by atoms with E-state index in [0.717, 1.165) is 11.0 Å². The highest BCUT2D eigenvalue weighted by Crippen LogP contribution is 2.24. The number of fused-ring (bicyclic) bond motifs is 1. The van der Waals surface area contributed by atoms with Gasteiger partial charge in [-0.05, 0) is 36.4 Å². The number of ether oxygens (including phenoxy) is 1. The molecule has 0 radical (unpaired) electrons. The molecule has 0 fully saturated rings. The minimum Gasteiger partial charge on any atom is -0.484 e. The van der Waals surface area contributed by atoms with Crippen LogP contribution in [-0.2, 0) is 0 Å². The number of thioether (sulfide) groups is 1. The van der Waals surface area contributed by atoms with E-state index in [1.54, 1.807) is 34.9 Å². The van der Waals surface area contributed by atoms with Crippen molar-refractivity contribution in [3.05, 3.63) is 66.2 Å². The number of benzene rings is 2. The second-order valence-corrected chi connectivity index (χ2v) is 6.38. The molecular formula is C18H15ClN2O2S. The van der Waals surface area contributed by atoms with Crippen LogP contribution in [0.3, 0.4) is 0 Å². The number of para-hydroxylation sites is 2. The Labute approximate surface area is 149 Å². The first-order valence-corrected chi connectivity index (χ1v) is 8.68. The van der Waals surface area contributed by atoms with Crippen LogP contribution in [0.5, 0.6) is 5.75 Å². The SMILES string of the molecule is C=CCSc1nc2ccccc2n1C(=O)COc1ccc(Cl)cc1. The molecule has 4 nitrogen and oxygen atoms in total. The van der Waals surface area contributed by atoms with Crippen LogP contribution < -0.4 is 4.74 Å². The summed E-state index contributed by atoms with van der Waals surface area (Å²) in [5.74, 6) is 1.09. The van der Waals surface area contributed by atoms with Gasteiger partial charge in [-0.15, -0.1) is 6.58 Å². The number of nitrogens with zero attached hydrogens (tertiary/aromatic N) is 2. The molecule has 0 amide bonds. The number of carbonyl (C=O) groups is 1. The maximum Gasteiger partial charge on any atom is 0.271 e. The van der Waals surface area contributed by atoms with Crippen LogP contribution in [0.1, 0.15) is 4.79 Å². The van der Waals surface area contributed by atoms with Gasteiger partial charge >= 0.3 is 0 Å². The molecule has 0 saturated carbocycles. The van der Waals surface area contributed by atoms with E-state index in [-0.39, 0.29) is 12.5 Å². The number of aromatic nitrogens is 2. The summed E-state index contributed by atoms with van der Waals surface area (Å²) in [5, 5.41) is 1.26. The van der Waals surface area contributed by atoms with Crippen molar-refractivity contribution in [3.8, 4) is 5.75 Å². The molecule has 6 heteroatoms. The normalized spacial score (nSPS) is 10.7. The van der Waals surface area contributed by atoms with Crippen LogP contribution in [0.2, 0.25) is 5.02 Å². The predicted octanol–water partition coefficient (Wildman–Crippen LogP) is 4.69. The lowest BCUT2D eigenvalue weighted by molar-refractivity contribution is 0.0832. The summed E-state index contributed by atoms with van der Waals surface area (Å²) in [6.07, 6.45) is 1.78. The number of halogens is 1. The summed E-state index contributed by atoms with van der Waals surface area (Å²) in [4.78, 5) is 17.2. The van der Waals surface area contributed by atoms with E-state index in [0.29, 0.717) is 21.7 Å². The molecule has 3 aromatic rings. The Balaban J connectivity index is 1.84. The molecule has 1 aromatic heterocycles. The van der Waals surface area contributed by atoms with E-state index >= 15 is 0 Å². The van der Waals surface area contributed by atoms with Gasteiger partial charge in [0.05, 0.1) is 11.0 Å². The van der Waals surface area contributed by atoms with Gasteiger partial charge in [-0.1, -0.05) is 41.6 Å². The van der Waals surface area contributed by atoms with Crippen LogP contribution in [0.25, 0.3) is 11.0 Å². The van der Waals surface area contributed by atoms with Crippen molar-refractivity contribution >= 4 is 40.3 Å². The van der Waals surface area contributed by atoms with Crippen LogP contribution in [-0.4, -0.2) is 27.8 Å². The molecule has 0 bridgehead atoms. The number of carbonyl (C=O) groups excluding carboxylic acids is 1. The van der Waals surface area contributed by atoms with Crippen LogP contribution in [0.4, 0.5) is 0 Å². The summed E-state index contributed by atoms with van der Waals surface area (Å²) < 4.78 is 7.17. The van der Waals surface area contributed by atoms with Crippen molar-refractivity contribution in [1.82, 2.24) is 9.55 Å². The zero-order chi connectivity index (χ0) is 16.9. The molecule has 0 N–H and O–H groups in total. The highest BCUT2D eigenvalue weighted by atomic mass is 35.5. The summed E-state index contributed by atoms with van der Waals surface area (Å²) in [7, 11) is 0. The predicted molar refractivity (Wildman–Crippen MR) is 98.2 cm³/mol. The molecule has 0 unspecified atom stereocenters. The Hall–Kier alpha value is -2.24. The smallest absolute Gasteiger partial charge is 0.271 e. The maximum absolute atomic E-state index is 12.7. The molecule has 0 atom stereocenters. The van der Waals surface area contributed by atoms with Gasteiger partial charge in [0.2, 0.25) is 0 Å². The average Bonchev–Trinajstić information content (AvgIpc) is 2.97. The lowest BCUT2D eigenvalue weighted by Crippen LogP contribution is -2.20. The van der Waals surface area contributed by atoms with Crippen LogP contribution >= 0.6 is 23.4 Å². The van der Waals surface area contributed by atoms with E-state index in [1.807, 2.05) is 24.3 Å². The Morgan fingerprint density at radius 3 is 2.75 bits per heavy atom. The molecular weight excluding hydrogens is 344 g/mol. The standard InChI is InChI=1S/C18H15ClN2O2S/c1-2-11-24-18-20-15-5-3-4-6-16(15)21(18)17(22)12-23-14-9-7-13(19)8-10-14/h2-10H,1,11-12H2. The van der Waals surface area contributed by atoms with Gasteiger partial charge in [-0.3, -0.25) is 9.36 Å². The van der Waals surface area contributed by atoms with Gasteiger partial charge < -0.3 is 4.74 Å². The van der Waals surface area contributed by atoms with E-state index in [1.165, 1.54) is 11.8 Å². The van der Waals surface area contributed by atoms with E-state index in [9.17, 15) is 4.79 Å². The quantitative estimate of drug-likeness (QED) is 0.473. The van der Waals surface area contributed by atoms with Gasteiger partial charge in [-0.2, -0.15) is 0 Å². The summed E-state index contributed by atoms with van der Waals surface area (Å²) in [6.45, 7) is 3.63. The second kappa shape index (κ2) is 7.55. The third kappa shape index (κ3) is 3.63. The lowest BCUT2D eigenvalue weighted by atomic mass is 10.3. The van der Waals surface area contributed by atoms with Gasteiger partial charge in [0.1, 0.15) is 5.75 Å². The first kappa shape index (κ1) is 16.6. The minimum atomic E-state index is -0.176. The third-order valence-electron chi connectivity index (χ3n) is 3.29. The number of hydrogen-bond donors (Lipinski definition) is 0. The Bertz CT molecular complexity index is 874. The average molecular weight is 359 g/mol. The van der Waals surface area contributed by atoms with Gasteiger partial charge in [0.15, 0.2) is 11.8 Å². The van der Waals surface area contributed by atoms with Gasteiger partial charge in [0, 0.05) is 10.8 Å². The van der Waals surface area contributed by atoms with Crippen LogP contribution in [0.15, 0.2) is 66.3 Å². The summed E-state index contributed by atoms with van der Waals surface area (Å²) >= 11 is 7.31. The van der Waals surface area contributed by atoms with Crippen molar-refractivity contribution < 1.29 is 9.53 Å². The molecule has 0 spiro atoms. The molecule has 0 aliphatic carbocycles. The minimum absolute atomic E-state index is 0.0797. The summed E-state index contributed by atoms with van der Waals surface area (Å²) in [5.41, 5.74) is 1.55. The number of hydrogen-bond acceptors (Lipinski definition) is 4. The van der Waals surface area contributed by atoms with Crippen molar-refractivity contribution in [3.63, 3.8) is 0 Å². The first-order chi connectivity index (χ1) is 11.7. The zero-order valence-electron chi connectivity index (χ0n) is 12.8. The molecule has 3 rings (SSSR count). The molecule has 0 saturated heterocycles. The lowest BCUT2D eigenvalue weighted by Gasteiger charge is -2.09. The second-order valence-electron chi connectivity index (χ2n) is 4.95. The fourth-order valence-electron chi connectivity index (χ4n) is 2.22. The van der Waals surface area contributed by atoms with Crippen LogP contribution in [0, 0.1) is 0 Å². The molecule has 0 aliphatic rings. The molecule has 24 heavy (non-hydrogen) atoms. The Kier molecular flexibility index (Phi) is 5.23. The molecule has 2 aromatic carbocycles. The Morgan fingerprint density at radius 2 is 2.00 bits per heavy atom. The summed E-state index contributed by atoms with van der Waals surface area (Å²) in [6, 6.07) is 14.5. The molecule has 1 heterocycles. The third-order valence-corrected chi connectivity index (χ3v) is 4.47. The van der Waals surface area contributed by atoms with Crippen molar-refractivity contribution in [2.75, 3.05) is 12.4 Å². The van der Waals surface area contributed by atoms with Crippen molar-refractivity contribution in [2.24, 2.45) is 0 Å². The van der Waals surface area contributed by atoms with Crippen molar-refractivity contribution in [2.45, 2.75) is 5.16 Å². The van der Waals surface area contributed by atoms with E-state index in [2.05, 4.69) is 11.6 Å². The number of imidazole rings is 1. The van der Waals surface area contributed by atoms with Gasteiger partial charge in [0.25, 0.3) is 5.91 Å². The Morgan fingerprint density at radius 1 is 1.25 bits per heavy atom. The fraction of sp³-hybridized carbons (Fsp3) is 0.111. The number of rotatable bonds is 6. The molecule has 0 aliphatic heterocycles. The topological polar surface area (TPSA) is 44.1 Å². The first-order valence-electron chi connectivity index (χ1n) is 7.32. The van der Waals surface area contributed by atoms with Crippen molar-refractivity contribution in [1.29, 1.82) is 0 Å². The zero-order valence-corrected chi connectivity index (χ0v) is 14.4. The fourth-order valence-corrected chi connectivity index (χ4v) is 3.10. The molecule has 122 valence electrons. The van der Waals surface area contributed by atoms with E-state index < -0.39 is 0 Å². The van der Waals surface area contributed by atoms with Gasteiger partial charge in [-0.25, -0.2) is 4.98 Å². The van der Waals surface area contributed by atoms with E-state index in [4.69, 9.17) is 16.3 Å². The monoisotopic (exact) mass is 358 g/mol. The maximum atomic E-state index is 12.7. The highest BCUT2D eigenvalue weighted by molar-refractivity contribution is 7.99. The highest BCUT2D eigenvalue weighted by Gasteiger charge is 2.17. The largest absolute Gasteiger partial charge is 0.484 e.